The van der Waals surface area contributed by atoms with Crippen molar-refractivity contribution in [3.05, 3.63) is 30.7 Å². The maximum Gasteiger partial charge on any atom is 0.148 e. The Balaban J connectivity index is 2.81. The summed E-state index contributed by atoms with van der Waals surface area (Å²) in [6.07, 6.45) is 2.54. The molecule has 1 radical (unpaired) electrons. The van der Waals surface area contributed by atoms with Gasteiger partial charge in [0.2, 0.25) is 0 Å². The molecule has 0 aliphatic carbocycles. The predicted octanol–water partition coefficient (Wildman–Crippen LogP) is 1.38. The topological polar surface area (TPSA) is 25.8 Å². The largest absolute Gasteiger partial charge is 0.205 e. The lowest BCUT2D eigenvalue weighted by Gasteiger charge is -1.95. The minimum absolute atomic E-state index is 0.293. The summed E-state index contributed by atoms with van der Waals surface area (Å²) in [6, 6.07) is 1.30. The second-order valence-corrected chi connectivity index (χ2v) is 1.93. The van der Waals surface area contributed by atoms with E-state index in [1.165, 1.54) is 12.3 Å². The first-order valence-electron chi connectivity index (χ1n) is 3.10. The fourth-order valence-electron chi connectivity index (χ4n) is 0.683. The van der Waals surface area contributed by atoms with E-state index in [0.29, 0.717) is 18.5 Å². The monoisotopic (exact) mass is 139 g/mol. The van der Waals surface area contributed by atoms with Crippen molar-refractivity contribution in [1.82, 2.24) is 10.2 Å². The van der Waals surface area contributed by atoms with Gasteiger partial charge in [0.15, 0.2) is 0 Å². The first kappa shape index (κ1) is 7.12. The average molecular weight is 139 g/mol. The minimum Gasteiger partial charge on any atom is -0.205 e. The quantitative estimate of drug-likeness (QED) is 0.618. The van der Waals surface area contributed by atoms with E-state index in [1.807, 2.05) is 0 Å². The summed E-state index contributed by atoms with van der Waals surface area (Å²) in [5.41, 5.74) is 0.400. The molecule has 0 bridgehead atoms. The number of nitrogens with zero attached hydrogens (tertiary/aromatic N) is 2. The van der Waals surface area contributed by atoms with E-state index in [0.717, 1.165) is 0 Å². The van der Waals surface area contributed by atoms with Gasteiger partial charge in [-0.25, -0.2) is 4.39 Å². The molecule has 0 fully saturated rings. The van der Waals surface area contributed by atoms with E-state index >= 15 is 0 Å². The smallest absolute Gasteiger partial charge is 0.148 e. The van der Waals surface area contributed by atoms with Crippen LogP contribution in [0.15, 0.2) is 12.3 Å². The fourth-order valence-corrected chi connectivity index (χ4v) is 0.683. The molecule has 0 aliphatic heterocycles. The van der Waals surface area contributed by atoms with Crippen LogP contribution in [-0.2, 0) is 6.42 Å². The highest BCUT2D eigenvalue weighted by Gasteiger charge is 1.99. The molecule has 0 aromatic carbocycles. The maximum atomic E-state index is 12.6. The van der Waals surface area contributed by atoms with Gasteiger partial charge in [-0.05, 0) is 18.9 Å². The molecule has 3 heteroatoms. The van der Waals surface area contributed by atoms with Crippen molar-refractivity contribution in [2.24, 2.45) is 0 Å². The molecule has 1 aromatic rings. The molecule has 0 saturated heterocycles. The summed E-state index contributed by atoms with van der Waals surface area (Å²) < 4.78 is 12.6. The van der Waals surface area contributed by atoms with Gasteiger partial charge in [0.25, 0.3) is 0 Å². The van der Waals surface area contributed by atoms with Crippen LogP contribution in [0.1, 0.15) is 12.1 Å². The fraction of sp³-hybridized carbons (Fsp3) is 0.286. The van der Waals surface area contributed by atoms with Gasteiger partial charge >= 0.3 is 0 Å². The molecule has 2 nitrogen and oxygen atoms in total. The van der Waals surface area contributed by atoms with Crippen molar-refractivity contribution in [3.8, 4) is 0 Å². The van der Waals surface area contributed by atoms with E-state index < -0.39 is 0 Å². The zero-order chi connectivity index (χ0) is 7.40. The molecule has 0 aliphatic rings. The second kappa shape index (κ2) is 3.25. The number of aromatic nitrogens is 2. The highest BCUT2D eigenvalue weighted by molar-refractivity contribution is 5.02. The third-order valence-corrected chi connectivity index (χ3v) is 1.16. The summed E-state index contributed by atoms with van der Waals surface area (Å²) in [6.45, 7) is 3.59. The van der Waals surface area contributed by atoms with Crippen LogP contribution in [0.2, 0.25) is 0 Å². The molecule has 0 atom stereocenters. The molecule has 1 heterocycles. The summed E-state index contributed by atoms with van der Waals surface area (Å²) in [5.74, 6) is -0.293. The number of halogens is 1. The van der Waals surface area contributed by atoms with Crippen molar-refractivity contribution < 1.29 is 4.39 Å². The van der Waals surface area contributed by atoms with Gasteiger partial charge in [0.05, 0.1) is 11.9 Å². The van der Waals surface area contributed by atoms with Gasteiger partial charge in [-0.2, -0.15) is 10.2 Å². The number of rotatable bonds is 2. The molecular weight excluding hydrogens is 131 g/mol. The van der Waals surface area contributed by atoms with Crippen LogP contribution in [0.5, 0.6) is 0 Å². The zero-order valence-electron chi connectivity index (χ0n) is 5.55. The number of aryl methyl sites for hydroxylation is 1. The molecule has 10 heavy (non-hydrogen) atoms. The third kappa shape index (κ3) is 1.50. The lowest BCUT2D eigenvalue weighted by atomic mass is 10.2. The van der Waals surface area contributed by atoms with E-state index in [2.05, 4.69) is 17.1 Å². The molecule has 0 spiro atoms. The standard InChI is InChI=1S/C7H8FN2/c1-2-3-7-6(8)4-5-9-10-7/h4-5H,1-3H2. The summed E-state index contributed by atoms with van der Waals surface area (Å²) in [4.78, 5) is 0. The average Bonchev–Trinajstić information content (AvgIpc) is 1.94. The van der Waals surface area contributed by atoms with Gasteiger partial charge < -0.3 is 0 Å². The molecule has 0 saturated carbocycles. The van der Waals surface area contributed by atoms with Crippen molar-refractivity contribution in [2.45, 2.75) is 12.8 Å². The lowest BCUT2D eigenvalue weighted by molar-refractivity contribution is 0.589. The van der Waals surface area contributed by atoms with Gasteiger partial charge in [-0.15, -0.1) is 0 Å². The summed E-state index contributed by atoms with van der Waals surface area (Å²) >= 11 is 0. The Kier molecular flexibility index (Phi) is 2.31. The van der Waals surface area contributed by atoms with Crippen LogP contribution >= 0.6 is 0 Å². The minimum atomic E-state index is -0.293. The first-order valence-corrected chi connectivity index (χ1v) is 3.10. The van der Waals surface area contributed by atoms with Crippen LogP contribution in [0.4, 0.5) is 4.39 Å². The predicted molar refractivity (Wildman–Crippen MR) is 35.7 cm³/mol. The van der Waals surface area contributed by atoms with Crippen molar-refractivity contribution >= 4 is 0 Å². The van der Waals surface area contributed by atoms with Crippen LogP contribution in [0, 0.1) is 12.7 Å². The molecule has 53 valence electrons. The van der Waals surface area contributed by atoms with Gasteiger partial charge in [0, 0.05) is 0 Å². The Morgan fingerprint density at radius 3 is 3.00 bits per heavy atom. The zero-order valence-corrected chi connectivity index (χ0v) is 5.55. The molecular formula is C7H8FN2. The molecule has 1 aromatic heterocycles. The summed E-state index contributed by atoms with van der Waals surface area (Å²) in [7, 11) is 0. The molecule has 0 unspecified atom stereocenters. The summed E-state index contributed by atoms with van der Waals surface area (Å²) in [5, 5.41) is 7.15. The number of hydrogen-bond acceptors (Lipinski definition) is 2. The van der Waals surface area contributed by atoms with Crippen molar-refractivity contribution in [2.75, 3.05) is 0 Å². The van der Waals surface area contributed by atoms with E-state index in [-0.39, 0.29) is 5.82 Å². The second-order valence-electron chi connectivity index (χ2n) is 1.93. The van der Waals surface area contributed by atoms with Gasteiger partial charge in [-0.1, -0.05) is 6.92 Å². The lowest BCUT2D eigenvalue weighted by Crippen LogP contribution is -1.95. The highest BCUT2D eigenvalue weighted by atomic mass is 19.1. The SMILES string of the molecule is [CH2]CCc1nnccc1F. The van der Waals surface area contributed by atoms with Crippen molar-refractivity contribution in [3.63, 3.8) is 0 Å². The van der Waals surface area contributed by atoms with E-state index in [4.69, 9.17) is 0 Å². The molecule has 1 rings (SSSR count). The van der Waals surface area contributed by atoms with E-state index in [1.54, 1.807) is 0 Å². The van der Waals surface area contributed by atoms with Crippen LogP contribution < -0.4 is 0 Å². The Morgan fingerprint density at radius 1 is 1.60 bits per heavy atom. The number of hydrogen-bond donors (Lipinski definition) is 0. The Labute approximate surface area is 59.1 Å². The van der Waals surface area contributed by atoms with E-state index in [9.17, 15) is 4.39 Å². The maximum absolute atomic E-state index is 12.6. The normalized spacial score (nSPS) is 9.80. The van der Waals surface area contributed by atoms with Crippen LogP contribution in [-0.4, -0.2) is 10.2 Å². The Morgan fingerprint density at radius 2 is 2.40 bits per heavy atom. The molecule has 0 N–H and O–H groups in total. The third-order valence-electron chi connectivity index (χ3n) is 1.16. The van der Waals surface area contributed by atoms with Gasteiger partial charge in [-0.3, -0.25) is 0 Å². The van der Waals surface area contributed by atoms with Gasteiger partial charge in [0.1, 0.15) is 5.82 Å². The highest BCUT2D eigenvalue weighted by Crippen LogP contribution is 2.02. The van der Waals surface area contributed by atoms with Crippen LogP contribution in [0.25, 0.3) is 0 Å². The molecule has 0 amide bonds. The Bertz CT molecular complexity index is 213. The van der Waals surface area contributed by atoms with Crippen LogP contribution in [0.3, 0.4) is 0 Å². The van der Waals surface area contributed by atoms with Crippen molar-refractivity contribution in [1.29, 1.82) is 0 Å². The first-order chi connectivity index (χ1) is 4.84. The Hall–Kier alpha value is -0.990.